The minimum absolute atomic E-state index is 0.0234. The van der Waals surface area contributed by atoms with Gasteiger partial charge in [0.05, 0.1) is 18.8 Å². The maximum absolute atomic E-state index is 12.9. The molecule has 3 rings (SSSR count). The number of amides is 1. The van der Waals surface area contributed by atoms with Gasteiger partial charge in [0, 0.05) is 11.4 Å². The summed E-state index contributed by atoms with van der Waals surface area (Å²) in [5.74, 6) is 0.195. The highest BCUT2D eigenvalue weighted by atomic mass is 19.1. The number of benzene rings is 2. The zero-order valence-corrected chi connectivity index (χ0v) is 12.8. The van der Waals surface area contributed by atoms with Gasteiger partial charge in [-0.25, -0.2) is 4.39 Å². The number of hydrogen-bond acceptors (Lipinski definition) is 4. The molecule has 0 radical (unpaired) electrons. The van der Waals surface area contributed by atoms with Gasteiger partial charge in [-0.15, -0.1) is 0 Å². The van der Waals surface area contributed by atoms with E-state index in [1.165, 1.54) is 24.3 Å². The van der Waals surface area contributed by atoms with E-state index in [1.54, 1.807) is 12.1 Å². The standard InChI is InChI=1S/C17H18FN3O2/c1-11-9-21(15-8-13(19)4-7-16(15)23-11)10-17(22)20-14-5-2-12(18)3-6-14/h2-8,11H,9-10,19H2,1H3,(H,20,22). The smallest absolute Gasteiger partial charge is 0.243 e. The number of rotatable bonds is 3. The number of ether oxygens (including phenoxy) is 1. The van der Waals surface area contributed by atoms with Crippen LogP contribution in [0.3, 0.4) is 0 Å². The molecule has 1 aliphatic rings. The predicted octanol–water partition coefficient (Wildman–Crippen LogP) is 2.63. The van der Waals surface area contributed by atoms with Gasteiger partial charge in [0.1, 0.15) is 17.7 Å². The van der Waals surface area contributed by atoms with Crippen molar-refractivity contribution in [2.75, 3.05) is 29.0 Å². The third-order valence-electron chi connectivity index (χ3n) is 3.59. The molecule has 2 aromatic carbocycles. The van der Waals surface area contributed by atoms with E-state index in [4.69, 9.17) is 10.5 Å². The summed E-state index contributed by atoms with van der Waals surface area (Å²) >= 11 is 0. The van der Waals surface area contributed by atoms with E-state index in [0.29, 0.717) is 23.7 Å². The lowest BCUT2D eigenvalue weighted by Gasteiger charge is -2.34. The molecule has 0 saturated carbocycles. The van der Waals surface area contributed by atoms with Gasteiger partial charge in [-0.3, -0.25) is 4.79 Å². The van der Waals surface area contributed by atoms with E-state index < -0.39 is 0 Å². The van der Waals surface area contributed by atoms with Gasteiger partial charge >= 0.3 is 0 Å². The average Bonchev–Trinajstić information content (AvgIpc) is 2.50. The molecule has 1 unspecified atom stereocenters. The first-order chi connectivity index (χ1) is 11.0. The summed E-state index contributed by atoms with van der Waals surface area (Å²) in [6.07, 6.45) is -0.0234. The Labute approximate surface area is 133 Å². The van der Waals surface area contributed by atoms with Crippen molar-refractivity contribution in [2.45, 2.75) is 13.0 Å². The molecule has 3 N–H and O–H groups in total. The number of carbonyl (C=O) groups is 1. The summed E-state index contributed by atoms with van der Waals surface area (Å²) in [5, 5.41) is 2.76. The van der Waals surface area contributed by atoms with Crippen molar-refractivity contribution >= 4 is 23.0 Å². The summed E-state index contributed by atoms with van der Waals surface area (Å²) in [7, 11) is 0. The highest BCUT2D eigenvalue weighted by Crippen LogP contribution is 2.34. The highest BCUT2D eigenvalue weighted by Gasteiger charge is 2.24. The maximum atomic E-state index is 12.9. The van der Waals surface area contributed by atoms with Gasteiger partial charge in [0.2, 0.25) is 5.91 Å². The number of halogens is 1. The van der Waals surface area contributed by atoms with Crippen LogP contribution in [-0.4, -0.2) is 25.1 Å². The quantitative estimate of drug-likeness (QED) is 0.855. The molecule has 5 nitrogen and oxygen atoms in total. The Morgan fingerprint density at radius 2 is 2.09 bits per heavy atom. The topological polar surface area (TPSA) is 67.6 Å². The molecule has 23 heavy (non-hydrogen) atoms. The first-order valence-corrected chi connectivity index (χ1v) is 7.38. The number of nitrogens with zero attached hydrogens (tertiary/aromatic N) is 1. The Bertz CT molecular complexity index is 718. The molecule has 2 aromatic rings. The van der Waals surface area contributed by atoms with E-state index in [1.807, 2.05) is 17.9 Å². The number of nitrogen functional groups attached to an aromatic ring is 1. The Morgan fingerprint density at radius 3 is 2.83 bits per heavy atom. The van der Waals surface area contributed by atoms with Crippen LogP contribution >= 0.6 is 0 Å². The molecule has 1 aliphatic heterocycles. The molecular formula is C17H18FN3O2. The molecule has 0 saturated heterocycles. The van der Waals surface area contributed by atoms with Crippen LogP contribution in [0, 0.1) is 5.82 Å². The Morgan fingerprint density at radius 1 is 1.35 bits per heavy atom. The van der Waals surface area contributed by atoms with E-state index in [0.717, 1.165) is 5.69 Å². The van der Waals surface area contributed by atoms with E-state index in [2.05, 4.69) is 5.32 Å². The van der Waals surface area contributed by atoms with Gasteiger partial charge < -0.3 is 20.7 Å². The monoisotopic (exact) mass is 315 g/mol. The van der Waals surface area contributed by atoms with Crippen LogP contribution in [0.5, 0.6) is 5.75 Å². The molecule has 0 fully saturated rings. The van der Waals surface area contributed by atoms with Crippen LogP contribution in [0.25, 0.3) is 0 Å². The Hall–Kier alpha value is -2.76. The molecule has 0 aromatic heterocycles. The van der Waals surface area contributed by atoms with Crippen molar-refractivity contribution < 1.29 is 13.9 Å². The fraction of sp³-hybridized carbons (Fsp3) is 0.235. The molecule has 6 heteroatoms. The van der Waals surface area contributed by atoms with Crippen LogP contribution in [0.15, 0.2) is 42.5 Å². The Balaban J connectivity index is 1.73. The first-order valence-electron chi connectivity index (χ1n) is 7.38. The van der Waals surface area contributed by atoms with Crippen molar-refractivity contribution in [3.63, 3.8) is 0 Å². The number of fused-ring (bicyclic) bond motifs is 1. The lowest BCUT2D eigenvalue weighted by Crippen LogP contribution is -2.42. The molecule has 0 aliphatic carbocycles. The minimum atomic E-state index is -0.339. The summed E-state index contributed by atoms with van der Waals surface area (Å²) < 4.78 is 18.7. The van der Waals surface area contributed by atoms with Crippen LogP contribution in [0.4, 0.5) is 21.5 Å². The highest BCUT2D eigenvalue weighted by molar-refractivity contribution is 5.94. The van der Waals surface area contributed by atoms with Gasteiger partial charge in [-0.1, -0.05) is 0 Å². The Kier molecular flexibility index (Phi) is 4.06. The fourth-order valence-corrected chi connectivity index (χ4v) is 2.60. The van der Waals surface area contributed by atoms with Crippen molar-refractivity contribution in [2.24, 2.45) is 0 Å². The van der Waals surface area contributed by atoms with Crippen molar-refractivity contribution in [1.82, 2.24) is 0 Å². The largest absolute Gasteiger partial charge is 0.487 e. The van der Waals surface area contributed by atoms with Gasteiger partial charge in [-0.2, -0.15) is 0 Å². The second-order valence-electron chi connectivity index (χ2n) is 5.59. The van der Waals surface area contributed by atoms with Crippen LogP contribution in [0.2, 0.25) is 0 Å². The summed E-state index contributed by atoms with van der Waals surface area (Å²) in [6.45, 7) is 2.71. The van der Waals surface area contributed by atoms with Crippen molar-refractivity contribution in [3.8, 4) is 5.75 Å². The average molecular weight is 315 g/mol. The summed E-state index contributed by atoms with van der Waals surface area (Å²) in [6, 6.07) is 11.1. The normalized spacial score (nSPS) is 16.4. The number of nitrogens with one attached hydrogen (secondary N) is 1. The van der Waals surface area contributed by atoms with Crippen LogP contribution < -0.4 is 20.7 Å². The zero-order chi connectivity index (χ0) is 16.4. The van der Waals surface area contributed by atoms with Gasteiger partial charge in [0.25, 0.3) is 0 Å². The lowest BCUT2D eigenvalue weighted by molar-refractivity contribution is -0.115. The third kappa shape index (κ3) is 3.53. The lowest BCUT2D eigenvalue weighted by atomic mass is 10.2. The van der Waals surface area contributed by atoms with Crippen molar-refractivity contribution in [1.29, 1.82) is 0 Å². The number of carbonyl (C=O) groups excluding carboxylic acids is 1. The SMILES string of the molecule is CC1CN(CC(=O)Nc2ccc(F)cc2)c2cc(N)ccc2O1. The maximum Gasteiger partial charge on any atom is 0.243 e. The number of nitrogens with two attached hydrogens (primary N) is 1. The summed E-state index contributed by atoms with van der Waals surface area (Å²) in [5.41, 5.74) is 7.81. The molecular weight excluding hydrogens is 297 g/mol. The summed E-state index contributed by atoms with van der Waals surface area (Å²) in [4.78, 5) is 14.2. The van der Waals surface area contributed by atoms with Gasteiger partial charge in [0.15, 0.2) is 0 Å². The minimum Gasteiger partial charge on any atom is -0.487 e. The van der Waals surface area contributed by atoms with Crippen LogP contribution in [0.1, 0.15) is 6.92 Å². The molecule has 0 bridgehead atoms. The zero-order valence-electron chi connectivity index (χ0n) is 12.8. The number of hydrogen-bond donors (Lipinski definition) is 2. The second-order valence-corrected chi connectivity index (χ2v) is 5.59. The molecule has 1 amide bonds. The molecule has 1 atom stereocenters. The fourth-order valence-electron chi connectivity index (χ4n) is 2.60. The third-order valence-corrected chi connectivity index (χ3v) is 3.59. The molecule has 0 spiro atoms. The van der Waals surface area contributed by atoms with Gasteiger partial charge in [-0.05, 0) is 49.4 Å². The number of anilines is 3. The van der Waals surface area contributed by atoms with E-state index >= 15 is 0 Å². The second kappa shape index (κ2) is 6.16. The van der Waals surface area contributed by atoms with Crippen LogP contribution in [-0.2, 0) is 4.79 Å². The predicted molar refractivity (Wildman–Crippen MR) is 88.2 cm³/mol. The van der Waals surface area contributed by atoms with Crippen molar-refractivity contribution in [3.05, 3.63) is 48.3 Å². The first kappa shape index (κ1) is 15.1. The van der Waals surface area contributed by atoms with E-state index in [9.17, 15) is 9.18 Å². The molecule has 1 heterocycles. The van der Waals surface area contributed by atoms with E-state index in [-0.39, 0.29) is 24.4 Å². The molecule has 120 valence electrons.